The minimum Gasteiger partial charge on any atom is -0.444 e. The van der Waals surface area contributed by atoms with Crippen LogP contribution in [0.5, 0.6) is 0 Å². The number of carbonyl (C=O) groups is 1. The molecule has 0 spiro atoms. The second-order valence-electron chi connectivity index (χ2n) is 5.21. The minimum absolute atomic E-state index is 0.267. The lowest BCUT2D eigenvalue weighted by molar-refractivity contribution is 0.0273. The fourth-order valence-corrected chi connectivity index (χ4v) is 2.16. The molecular weight excluding hydrogens is 250 g/mol. The first-order chi connectivity index (χ1) is 8.46. The Morgan fingerprint density at radius 1 is 1.50 bits per heavy atom. The summed E-state index contributed by atoms with van der Waals surface area (Å²) in [4.78, 5) is 13.7. The summed E-state index contributed by atoms with van der Waals surface area (Å²) < 4.78 is 13.5. The molecule has 1 amide bonds. The molecule has 0 saturated carbocycles. The number of amides is 1. The molecule has 0 N–H and O–H groups in total. The predicted octanol–water partition coefficient (Wildman–Crippen LogP) is 2.56. The van der Waals surface area contributed by atoms with Crippen LogP contribution < -0.4 is 0 Å². The average molecular weight is 267 g/mol. The maximum atomic E-state index is 12.0. The van der Waals surface area contributed by atoms with Crippen molar-refractivity contribution in [3.8, 4) is 0 Å². The van der Waals surface area contributed by atoms with Gasteiger partial charge in [0.2, 0.25) is 0 Å². The maximum Gasteiger partial charge on any atom is 0.410 e. The van der Waals surface area contributed by atoms with E-state index in [1.807, 2.05) is 20.8 Å². The van der Waals surface area contributed by atoms with E-state index in [9.17, 15) is 4.79 Å². The molecule has 1 aliphatic heterocycles. The Morgan fingerprint density at radius 3 is 2.89 bits per heavy atom. The van der Waals surface area contributed by atoms with Crippen molar-refractivity contribution in [1.29, 1.82) is 0 Å². The van der Waals surface area contributed by atoms with E-state index in [4.69, 9.17) is 4.74 Å². The van der Waals surface area contributed by atoms with Crippen molar-refractivity contribution in [3.05, 3.63) is 18.0 Å². The molecular formula is C12H17N3O2S. The monoisotopic (exact) mass is 267 g/mol. The smallest absolute Gasteiger partial charge is 0.410 e. The van der Waals surface area contributed by atoms with Crippen LogP contribution in [0.3, 0.4) is 0 Å². The zero-order valence-corrected chi connectivity index (χ0v) is 11.7. The minimum atomic E-state index is -0.458. The van der Waals surface area contributed by atoms with E-state index in [1.165, 1.54) is 11.7 Å². The number of ether oxygens (including phenoxy) is 1. The summed E-state index contributed by atoms with van der Waals surface area (Å²) in [6, 6.07) is 0. The molecule has 1 aliphatic rings. The van der Waals surface area contributed by atoms with Crippen LogP contribution >= 0.6 is 11.7 Å². The van der Waals surface area contributed by atoms with Crippen LogP contribution in [0, 0.1) is 0 Å². The second-order valence-corrected chi connectivity index (χ2v) is 5.77. The van der Waals surface area contributed by atoms with Crippen LogP contribution in [-0.2, 0) is 4.74 Å². The van der Waals surface area contributed by atoms with Crippen molar-refractivity contribution in [1.82, 2.24) is 13.6 Å². The Morgan fingerprint density at radius 2 is 2.28 bits per heavy atom. The first-order valence-electron chi connectivity index (χ1n) is 5.90. The highest BCUT2D eigenvalue weighted by Gasteiger charge is 2.25. The summed E-state index contributed by atoms with van der Waals surface area (Å²) in [5, 5.41) is 0. The Labute approximate surface area is 111 Å². The highest BCUT2D eigenvalue weighted by atomic mass is 32.1. The number of hydrogen-bond acceptors (Lipinski definition) is 5. The van der Waals surface area contributed by atoms with E-state index in [2.05, 4.69) is 14.8 Å². The fourth-order valence-electron chi connectivity index (χ4n) is 1.72. The van der Waals surface area contributed by atoms with Crippen molar-refractivity contribution in [2.75, 3.05) is 13.1 Å². The van der Waals surface area contributed by atoms with Gasteiger partial charge in [-0.15, -0.1) is 0 Å². The highest BCUT2D eigenvalue weighted by Crippen LogP contribution is 2.21. The van der Waals surface area contributed by atoms with Gasteiger partial charge in [0, 0.05) is 6.54 Å². The van der Waals surface area contributed by atoms with Gasteiger partial charge in [-0.25, -0.2) is 4.79 Å². The first-order valence-corrected chi connectivity index (χ1v) is 6.63. The number of rotatable bonds is 1. The lowest BCUT2D eigenvalue weighted by Crippen LogP contribution is -2.39. The SMILES string of the molecule is CC(C)(C)OC(=O)N1CCC=C(c2cnsn2)C1. The third-order valence-corrected chi connectivity index (χ3v) is 2.97. The number of nitrogens with zero attached hydrogens (tertiary/aromatic N) is 3. The van der Waals surface area contributed by atoms with Gasteiger partial charge in [-0.3, -0.25) is 0 Å². The first kappa shape index (κ1) is 13.0. The van der Waals surface area contributed by atoms with Crippen LogP contribution in [0.25, 0.3) is 5.57 Å². The van der Waals surface area contributed by atoms with Crippen molar-refractivity contribution in [2.45, 2.75) is 32.8 Å². The van der Waals surface area contributed by atoms with Crippen LogP contribution in [0.15, 0.2) is 12.3 Å². The molecule has 0 bridgehead atoms. The molecule has 1 aromatic heterocycles. The van der Waals surface area contributed by atoms with Crippen LogP contribution in [-0.4, -0.2) is 38.4 Å². The second kappa shape index (κ2) is 5.06. The fraction of sp³-hybridized carbons (Fsp3) is 0.583. The molecule has 0 saturated heterocycles. The predicted molar refractivity (Wildman–Crippen MR) is 70.3 cm³/mol. The number of carbonyl (C=O) groups excluding carboxylic acids is 1. The quantitative estimate of drug-likeness (QED) is 0.784. The molecule has 0 radical (unpaired) electrons. The molecule has 0 aliphatic carbocycles. The molecule has 18 heavy (non-hydrogen) atoms. The van der Waals surface area contributed by atoms with E-state index in [1.54, 1.807) is 11.1 Å². The van der Waals surface area contributed by atoms with Gasteiger partial charge >= 0.3 is 6.09 Å². The summed E-state index contributed by atoms with van der Waals surface area (Å²) in [7, 11) is 0. The molecule has 0 fully saturated rings. The zero-order chi connectivity index (χ0) is 13.2. The number of aromatic nitrogens is 2. The molecule has 0 atom stereocenters. The van der Waals surface area contributed by atoms with Gasteiger partial charge in [-0.1, -0.05) is 6.08 Å². The Balaban J connectivity index is 2.02. The zero-order valence-electron chi connectivity index (χ0n) is 10.8. The third kappa shape index (κ3) is 3.29. The molecule has 2 rings (SSSR count). The Bertz CT molecular complexity index is 448. The van der Waals surface area contributed by atoms with Gasteiger partial charge in [-0.2, -0.15) is 8.75 Å². The van der Waals surface area contributed by atoms with E-state index in [-0.39, 0.29) is 6.09 Å². The van der Waals surface area contributed by atoms with Gasteiger partial charge in [0.05, 0.1) is 24.5 Å². The summed E-state index contributed by atoms with van der Waals surface area (Å²) in [6.45, 7) is 6.85. The molecule has 2 heterocycles. The standard InChI is InChI=1S/C12H17N3O2S/c1-12(2,3)17-11(16)15-6-4-5-9(8-15)10-7-13-18-14-10/h5,7H,4,6,8H2,1-3H3. The van der Waals surface area contributed by atoms with E-state index >= 15 is 0 Å². The third-order valence-electron chi connectivity index (χ3n) is 2.49. The average Bonchev–Trinajstić information content (AvgIpc) is 2.80. The Hall–Kier alpha value is -1.43. The molecule has 0 unspecified atom stereocenters. The van der Waals surface area contributed by atoms with E-state index < -0.39 is 5.60 Å². The molecule has 98 valence electrons. The lowest BCUT2D eigenvalue weighted by Gasteiger charge is -2.29. The maximum absolute atomic E-state index is 12.0. The van der Waals surface area contributed by atoms with Gasteiger partial charge in [0.15, 0.2) is 0 Å². The van der Waals surface area contributed by atoms with Crippen LogP contribution in [0.1, 0.15) is 32.9 Å². The largest absolute Gasteiger partial charge is 0.444 e. The van der Waals surface area contributed by atoms with Gasteiger partial charge in [0.1, 0.15) is 11.3 Å². The molecule has 6 heteroatoms. The van der Waals surface area contributed by atoms with Crippen molar-refractivity contribution in [2.24, 2.45) is 0 Å². The van der Waals surface area contributed by atoms with Crippen molar-refractivity contribution < 1.29 is 9.53 Å². The number of hydrogen-bond donors (Lipinski definition) is 0. The molecule has 5 nitrogen and oxygen atoms in total. The van der Waals surface area contributed by atoms with Crippen molar-refractivity contribution >= 4 is 23.4 Å². The topological polar surface area (TPSA) is 55.3 Å². The summed E-state index contributed by atoms with van der Waals surface area (Å²) >= 11 is 1.18. The van der Waals surface area contributed by atoms with E-state index in [0.29, 0.717) is 13.1 Å². The van der Waals surface area contributed by atoms with E-state index in [0.717, 1.165) is 17.7 Å². The summed E-state index contributed by atoms with van der Waals surface area (Å²) in [6.07, 6.45) is 4.40. The summed E-state index contributed by atoms with van der Waals surface area (Å²) in [5.74, 6) is 0. The molecule has 0 aromatic carbocycles. The van der Waals surface area contributed by atoms with Crippen LogP contribution in [0.2, 0.25) is 0 Å². The summed E-state index contributed by atoms with van der Waals surface area (Å²) in [5.41, 5.74) is 1.44. The van der Waals surface area contributed by atoms with Crippen LogP contribution in [0.4, 0.5) is 4.79 Å². The Kier molecular flexibility index (Phi) is 3.65. The van der Waals surface area contributed by atoms with Crippen molar-refractivity contribution in [3.63, 3.8) is 0 Å². The molecule has 1 aromatic rings. The lowest BCUT2D eigenvalue weighted by atomic mass is 10.1. The van der Waals surface area contributed by atoms with Gasteiger partial charge in [0.25, 0.3) is 0 Å². The highest BCUT2D eigenvalue weighted by molar-refractivity contribution is 6.99. The van der Waals surface area contributed by atoms with Gasteiger partial charge in [-0.05, 0) is 32.8 Å². The van der Waals surface area contributed by atoms with Gasteiger partial charge < -0.3 is 9.64 Å². The normalized spacial score (nSPS) is 16.4.